The second-order valence-corrected chi connectivity index (χ2v) is 5.66. The number of esters is 1. The molecule has 0 spiro atoms. The van der Waals surface area contributed by atoms with E-state index in [-0.39, 0.29) is 24.8 Å². The van der Waals surface area contributed by atoms with Crippen molar-refractivity contribution in [2.24, 2.45) is 0 Å². The van der Waals surface area contributed by atoms with Crippen molar-refractivity contribution >= 4 is 22.8 Å². The number of aryl methyl sites for hydroxylation is 1. The molecule has 0 aliphatic rings. The van der Waals surface area contributed by atoms with Gasteiger partial charge in [-0.25, -0.2) is 0 Å². The molecule has 0 unspecified atom stereocenters. The van der Waals surface area contributed by atoms with Crippen LogP contribution in [0.1, 0.15) is 12.0 Å². The molecule has 6 nitrogen and oxygen atoms in total. The minimum absolute atomic E-state index is 0.0447. The lowest BCUT2D eigenvalue weighted by Gasteiger charge is -2.22. The molecule has 0 saturated carbocycles. The van der Waals surface area contributed by atoms with Crippen molar-refractivity contribution < 1.29 is 19.1 Å². The Labute approximate surface area is 141 Å². The fourth-order valence-corrected chi connectivity index (χ4v) is 2.70. The number of aromatic nitrogens is 1. The first-order valence-corrected chi connectivity index (χ1v) is 7.94. The summed E-state index contributed by atoms with van der Waals surface area (Å²) < 4.78 is 11.7. The van der Waals surface area contributed by atoms with Crippen molar-refractivity contribution in [1.29, 1.82) is 0 Å². The zero-order chi connectivity index (χ0) is 17.5. The van der Waals surface area contributed by atoms with Crippen LogP contribution < -0.4 is 0 Å². The monoisotopic (exact) mass is 332 g/mol. The Bertz CT molecular complexity index is 708. The van der Waals surface area contributed by atoms with E-state index in [1.165, 1.54) is 7.11 Å². The van der Waals surface area contributed by atoms with Gasteiger partial charge in [-0.2, -0.15) is 0 Å². The molecule has 0 atom stereocenters. The highest BCUT2D eigenvalue weighted by molar-refractivity contribution is 5.86. The smallest absolute Gasteiger partial charge is 0.307 e. The third-order valence-electron chi connectivity index (χ3n) is 4.02. The predicted octanol–water partition coefficient (Wildman–Crippen LogP) is 1.99. The summed E-state index contributed by atoms with van der Waals surface area (Å²) in [7, 11) is 2.93. The number of hydrogen-bond acceptors (Lipinski definition) is 4. The number of carbonyl (C=O) groups excluding carboxylic acids is 2. The summed E-state index contributed by atoms with van der Waals surface area (Å²) >= 11 is 0. The van der Waals surface area contributed by atoms with Crippen LogP contribution in [-0.2, 0) is 25.6 Å². The van der Waals surface area contributed by atoms with E-state index < -0.39 is 0 Å². The molecule has 0 bridgehead atoms. The number of methoxy groups -OCH3 is 2. The number of carbonyl (C=O) groups is 2. The van der Waals surface area contributed by atoms with E-state index in [1.807, 2.05) is 42.0 Å². The van der Waals surface area contributed by atoms with Crippen LogP contribution in [-0.4, -0.2) is 55.3 Å². The fourth-order valence-electron chi connectivity index (χ4n) is 2.70. The van der Waals surface area contributed by atoms with Crippen molar-refractivity contribution in [3.63, 3.8) is 0 Å². The zero-order valence-corrected chi connectivity index (χ0v) is 14.4. The fraction of sp³-hybridized carbons (Fsp3) is 0.444. The normalized spacial score (nSPS) is 10.8. The second kappa shape index (κ2) is 8.49. The van der Waals surface area contributed by atoms with E-state index in [0.717, 1.165) is 16.5 Å². The lowest BCUT2D eigenvalue weighted by Crippen LogP contribution is -2.37. The highest BCUT2D eigenvalue weighted by Crippen LogP contribution is 2.20. The lowest BCUT2D eigenvalue weighted by atomic mass is 10.2. The first kappa shape index (κ1) is 18.0. The molecule has 1 aromatic carbocycles. The maximum absolute atomic E-state index is 12.7. The Morgan fingerprint density at radius 1 is 1.17 bits per heavy atom. The van der Waals surface area contributed by atoms with Crippen LogP contribution in [0, 0.1) is 6.92 Å². The van der Waals surface area contributed by atoms with Crippen LogP contribution in [0.5, 0.6) is 0 Å². The molecule has 0 fully saturated rings. The number of fused-ring (bicyclic) bond motifs is 1. The summed E-state index contributed by atoms with van der Waals surface area (Å²) in [6.07, 6.45) is 2.16. The summed E-state index contributed by atoms with van der Waals surface area (Å²) in [4.78, 5) is 25.7. The minimum atomic E-state index is -0.326. The van der Waals surface area contributed by atoms with E-state index in [1.54, 1.807) is 12.0 Å². The van der Waals surface area contributed by atoms with Gasteiger partial charge in [0.25, 0.3) is 0 Å². The number of amides is 1. The second-order valence-electron chi connectivity index (χ2n) is 5.66. The van der Waals surface area contributed by atoms with E-state index in [4.69, 9.17) is 4.74 Å². The predicted molar refractivity (Wildman–Crippen MR) is 91.8 cm³/mol. The maximum Gasteiger partial charge on any atom is 0.307 e. The van der Waals surface area contributed by atoms with Crippen LogP contribution in [0.3, 0.4) is 0 Å². The first-order valence-electron chi connectivity index (χ1n) is 7.94. The Morgan fingerprint density at radius 2 is 1.92 bits per heavy atom. The van der Waals surface area contributed by atoms with E-state index in [9.17, 15) is 9.59 Å². The number of para-hydroxylation sites is 1. The number of ether oxygens (including phenoxy) is 2. The van der Waals surface area contributed by atoms with Gasteiger partial charge in [-0.15, -0.1) is 0 Å². The Kier molecular flexibility index (Phi) is 6.37. The molecule has 1 heterocycles. The molecule has 0 aliphatic carbocycles. The Hall–Kier alpha value is -2.34. The van der Waals surface area contributed by atoms with Crippen molar-refractivity contribution in [3.05, 3.63) is 36.0 Å². The van der Waals surface area contributed by atoms with Crippen molar-refractivity contribution in [2.45, 2.75) is 19.9 Å². The molecule has 1 amide bonds. The molecule has 2 rings (SSSR count). The maximum atomic E-state index is 12.7. The van der Waals surface area contributed by atoms with Gasteiger partial charge in [0.05, 0.1) is 20.1 Å². The van der Waals surface area contributed by atoms with Gasteiger partial charge in [0, 0.05) is 37.3 Å². The molecule has 0 saturated heterocycles. The molecule has 130 valence electrons. The topological polar surface area (TPSA) is 60.8 Å². The highest BCUT2D eigenvalue weighted by Gasteiger charge is 2.17. The highest BCUT2D eigenvalue weighted by atomic mass is 16.5. The number of hydrogen-bond donors (Lipinski definition) is 0. The van der Waals surface area contributed by atoms with Gasteiger partial charge >= 0.3 is 5.97 Å². The molecular weight excluding hydrogens is 308 g/mol. The molecule has 0 aliphatic heterocycles. The molecule has 6 heteroatoms. The summed E-state index contributed by atoms with van der Waals surface area (Å²) in [5.74, 6) is -0.371. The Balaban J connectivity index is 2.11. The number of rotatable bonds is 8. The summed E-state index contributed by atoms with van der Waals surface area (Å²) in [6.45, 7) is 3.47. The van der Waals surface area contributed by atoms with Crippen LogP contribution in [0.4, 0.5) is 0 Å². The van der Waals surface area contributed by atoms with Gasteiger partial charge in [0.2, 0.25) is 5.91 Å². The summed E-state index contributed by atoms with van der Waals surface area (Å²) in [5.41, 5.74) is 2.17. The van der Waals surface area contributed by atoms with Gasteiger partial charge in [-0.05, 0) is 18.6 Å². The van der Waals surface area contributed by atoms with E-state index >= 15 is 0 Å². The minimum Gasteiger partial charge on any atom is -0.469 e. The van der Waals surface area contributed by atoms with Gasteiger partial charge in [0.15, 0.2) is 0 Å². The lowest BCUT2D eigenvalue weighted by molar-refractivity contribution is -0.142. The van der Waals surface area contributed by atoms with Crippen molar-refractivity contribution in [3.8, 4) is 0 Å². The zero-order valence-electron chi connectivity index (χ0n) is 14.4. The largest absolute Gasteiger partial charge is 0.469 e. The Morgan fingerprint density at radius 3 is 2.62 bits per heavy atom. The van der Waals surface area contributed by atoms with Crippen LogP contribution in [0.25, 0.3) is 10.9 Å². The van der Waals surface area contributed by atoms with Crippen LogP contribution in [0.2, 0.25) is 0 Å². The summed E-state index contributed by atoms with van der Waals surface area (Å²) in [6, 6.07) is 8.00. The molecule has 0 N–H and O–H groups in total. The third kappa shape index (κ3) is 4.35. The van der Waals surface area contributed by atoms with E-state index in [2.05, 4.69) is 4.74 Å². The van der Waals surface area contributed by atoms with Crippen molar-refractivity contribution in [1.82, 2.24) is 9.47 Å². The SMILES string of the molecule is COCCN(CCC(=O)OC)C(=O)Cn1cc(C)c2ccccc21. The van der Waals surface area contributed by atoms with Gasteiger partial charge in [-0.1, -0.05) is 18.2 Å². The van der Waals surface area contributed by atoms with Crippen molar-refractivity contribution in [2.75, 3.05) is 33.9 Å². The molecule has 24 heavy (non-hydrogen) atoms. The number of nitrogens with zero attached hydrogens (tertiary/aromatic N) is 2. The molecule has 0 radical (unpaired) electrons. The van der Waals surface area contributed by atoms with Crippen LogP contribution in [0.15, 0.2) is 30.5 Å². The summed E-state index contributed by atoms with van der Waals surface area (Å²) in [5, 5.41) is 1.14. The molecular formula is C18H24N2O4. The van der Waals surface area contributed by atoms with Crippen LogP contribution >= 0.6 is 0 Å². The standard InChI is InChI=1S/C18H24N2O4/c1-14-12-20(16-7-5-4-6-15(14)16)13-17(21)19(10-11-23-2)9-8-18(22)24-3/h4-7,12H,8-11,13H2,1-3H3. The third-order valence-corrected chi connectivity index (χ3v) is 4.02. The van der Waals surface area contributed by atoms with Gasteiger partial charge in [-0.3, -0.25) is 9.59 Å². The molecule has 2 aromatic rings. The molecule has 1 aromatic heterocycles. The van der Waals surface area contributed by atoms with Gasteiger partial charge < -0.3 is 18.9 Å². The average molecular weight is 332 g/mol. The van der Waals surface area contributed by atoms with E-state index in [0.29, 0.717) is 19.7 Å². The average Bonchev–Trinajstić information content (AvgIpc) is 2.91. The first-order chi connectivity index (χ1) is 11.6. The number of benzene rings is 1. The quantitative estimate of drug-likeness (QED) is 0.694. The van der Waals surface area contributed by atoms with Gasteiger partial charge in [0.1, 0.15) is 6.54 Å².